The first-order valence-electron chi connectivity index (χ1n) is 6.36. The lowest BCUT2D eigenvalue weighted by molar-refractivity contribution is 0.0556. The van der Waals surface area contributed by atoms with Crippen molar-refractivity contribution in [3.05, 3.63) is 0 Å². The standard InChI is InChI=1S/C12H25N3/c1-10-9-15(8-7-14(10)2)12-5-3-11(13)4-6-12/h10-12H,3-9,13H2,1-2H3. The molecule has 3 nitrogen and oxygen atoms in total. The number of likely N-dealkylation sites (N-methyl/N-ethyl adjacent to an activating group) is 1. The maximum Gasteiger partial charge on any atom is 0.0192 e. The predicted octanol–water partition coefficient (Wildman–Crippen LogP) is 0.892. The van der Waals surface area contributed by atoms with Gasteiger partial charge in [0.15, 0.2) is 0 Å². The van der Waals surface area contributed by atoms with Gasteiger partial charge in [0.05, 0.1) is 0 Å². The molecular formula is C12H25N3. The highest BCUT2D eigenvalue weighted by Crippen LogP contribution is 2.23. The molecule has 1 unspecified atom stereocenters. The van der Waals surface area contributed by atoms with Crippen LogP contribution in [-0.2, 0) is 0 Å². The molecule has 2 rings (SSSR count). The van der Waals surface area contributed by atoms with E-state index in [0.29, 0.717) is 12.1 Å². The number of nitrogens with two attached hydrogens (primary N) is 1. The van der Waals surface area contributed by atoms with E-state index < -0.39 is 0 Å². The third-order valence-corrected chi connectivity index (χ3v) is 4.25. The van der Waals surface area contributed by atoms with Crippen molar-refractivity contribution >= 4 is 0 Å². The summed E-state index contributed by atoms with van der Waals surface area (Å²) >= 11 is 0. The molecule has 2 aliphatic rings. The molecule has 0 aromatic heterocycles. The second-order valence-electron chi connectivity index (χ2n) is 5.39. The number of rotatable bonds is 1. The predicted molar refractivity (Wildman–Crippen MR) is 63.9 cm³/mol. The van der Waals surface area contributed by atoms with Crippen molar-refractivity contribution in [1.82, 2.24) is 9.80 Å². The monoisotopic (exact) mass is 211 g/mol. The second-order valence-corrected chi connectivity index (χ2v) is 5.39. The van der Waals surface area contributed by atoms with Gasteiger partial charge in [-0.2, -0.15) is 0 Å². The molecule has 0 spiro atoms. The summed E-state index contributed by atoms with van der Waals surface area (Å²) in [7, 11) is 2.23. The van der Waals surface area contributed by atoms with Crippen LogP contribution in [0.5, 0.6) is 0 Å². The molecule has 1 aliphatic heterocycles. The normalized spacial score (nSPS) is 40.6. The molecule has 0 radical (unpaired) electrons. The van der Waals surface area contributed by atoms with E-state index in [1.165, 1.54) is 45.3 Å². The molecule has 1 atom stereocenters. The Labute approximate surface area is 93.6 Å². The van der Waals surface area contributed by atoms with Crippen molar-refractivity contribution in [3.8, 4) is 0 Å². The van der Waals surface area contributed by atoms with E-state index in [2.05, 4.69) is 23.8 Å². The zero-order valence-corrected chi connectivity index (χ0v) is 10.2. The Bertz CT molecular complexity index is 199. The van der Waals surface area contributed by atoms with E-state index in [-0.39, 0.29) is 0 Å². The Kier molecular flexibility index (Phi) is 3.65. The Morgan fingerprint density at radius 3 is 2.33 bits per heavy atom. The first kappa shape index (κ1) is 11.4. The lowest BCUT2D eigenvalue weighted by atomic mass is 9.90. The highest BCUT2D eigenvalue weighted by molar-refractivity contribution is 4.86. The summed E-state index contributed by atoms with van der Waals surface area (Å²) in [4.78, 5) is 5.15. The largest absolute Gasteiger partial charge is 0.328 e. The number of hydrogen-bond acceptors (Lipinski definition) is 3. The third-order valence-electron chi connectivity index (χ3n) is 4.25. The van der Waals surface area contributed by atoms with Crippen LogP contribution in [0.3, 0.4) is 0 Å². The minimum Gasteiger partial charge on any atom is -0.328 e. The van der Waals surface area contributed by atoms with Crippen LogP contribution in [-0.4, -0.2) is 54.6 Å². The maximum atomic E-state index is 5.95. The summed E-state index contributed by atoms with van der Waals surface area (Å²) in [5.74, 6) is 0. The van der Waals surface area contributed by atoms with Gasteiger partial charge in [-0.25, -0.2) is 0 Å². The fraction of sp³-hybridized carbons (Fsp3) is 1.00. The first-order chi connectivity index (χ1) is 7.16. The molecule has 2 N–H and O–H groups in total. The molecular weight excluding hydrogens is 186 g/mol. The SMILES string of the molecule is CC1CN(C2CCC(N)CC2)CCN1C. The minimum absolute atomic E-state index is 0.478. The summed E-state index contributed by atoms with van der Waals surface area (Å²) in [6.45, 7) is 6.06. The van der Waals surface area contributed by atoms with E-state index in [4.69, 9.17) is 5.73 Å². The van der Waals surface area contributed by atoms with Crippen LogP contribution in [0.15, 0.2) is 0 Å². The minimum atomic E-state index is 0.478. The fourth-order valence-electron chi connectivity index (χ4n) is 2.88. The first-order valence-corrected chi connectivity index (χ1v) is 6.36. The summed E-state index contributed by atoms with van der Waals surface area (Å²) in [6.07, 6.45) is 5.09. The molecule has 0 bridgehead atoms. The summed E-state index contributed by atoms with van der Waals surface area (Å²) in [5.41, 5.74) is 5.95. The highest BCUT2D eigenvalue weighted by atomic mass is 15.3. The molecule has 88 valence electrons. The van der Waals surface area contributed by atoms with Gasteiger partial charge >= 0.3 is 0 Å². The second kappa shape index (κ2) is 4.81. The Morgan fingerprint density at radius 2 is 1.73 bits per heavy atom. The van der Waals surface area contributed by atoms with Gasteiger partial charge in [-0.3, -0.25) is 4.90 Å². The van der Waals surface area contributed by atoms with Crippen molar-refractivity contribution in [2.75, 3.05) is 26.7 Å². The molecule has 3 heteroatoms. The summed E-state index contributed by atoms with van der Waals surface area (Å²) in [5, 5.41) is 0. The van der Waals surface area contributed by atoms with E-state index in [1.807, 2.05) is 0 Å². The molecule has 0 amide bonds. The average Bonchev–Trinajstić information content (AvgIpc) is 2.23. The van der Waals surface area contributed by atoms with Crippen LogP contribution >= 0.6 is 0 Å². The summed E-state index contributed by atoms with van der Waals surface area (Å²) in [6, 6.07) is 2.02. The molecule has 0 aromatic rings. The molecule has 1 saturated heterocycles. The number of nitrogens with zero attached hydrogens (tertiary/aromatic N) is 2. The molecule has 1 aliphatic carbocycles. The van der Waals surface area contributed by atoms with E-state index in [0.717, 1.165) is 6.04 Å². The topological polar surface area (TPSA) is 32.5 Å². The summed E-state index contributed by atoms with van der Waals surface area (Å²) < 4.78 is 0. The molecule has 1 heterocycles. The van der Waals surface area contributed by atoms with Crippen molar-refractivity contribution in [2.45, 2.75) is 50.7 Å². The van der Waals surface area contributed by atoms with Crippen molar-refractivity contribution in [1.29, 1.82) is 0 Å². The third kappa shape index (κ3) is 2.71. The zero-order valence-electron chi connectivity index (χ0n) is 10.2. The lowest BCUT2D eigenvalue weighted by Crippen LogP contribution is -2.54. The Morgan fingerprint density at radius 1 is 1.07 bits per heavy atom. The number of hydrogen-bond donors (Lipinski definition) is 1. The van der Waals surface area contributed by atoms with E-state index >= 15 is 0 Å². The van der Waals surface area contributed by atoms with Crippen molar-refractivity contribution < 1.29 is 0 Å². The fourth-order valence-corrected chi connectivity index (χ4v) is 2.88. The van der Waals surface area contributed by atoms with Gasteiger partial charge in [-0.1, -0.05) is 0 Å². The Hall–Kier alpha value is -0.120. The maximum absolute atomic E-state index is 5.95. The van der Waals surface area contributed by atoms with Crippen molar-refractivity contribution in [3.63, 3.8) is 0 Å². The molecule has 0 aromatic carbocycles. The van der Waals surface area contributed by atoms with E-state index in [1.54, 1.807) is 0 Å². The zero-order chi connectivity index (χ0) is 10.8. The highest BCUT2D eigenvalue weighted by Gasteiger charge is 2.28. The van der Waals surface area contributed by atoms with Crippen LogP contribution in [0, 0.1) is 0 Å². The van der Waals surface area contributed by atoms with Crippen LogP contribution < -0.4 is 5.73 Å². The van der Waals surface area contributed by atoms with Crippen LogP contribution in [0.4, 0.5) is 0 Å². The van der Waals surface area contributed by atoms with Gasteiger partial charge in [0.25, 0.3) is 0 Å². The van der Waals surface area contributed by atoms with Crippen molar-refractivity contribution in [2.24, 2.45) is 5.73 Å². The van der Waals surface area contributed by atoms with E-state index in [9.17, 15) is 0 Å². The molecule has 2 fully saturated rings. The average molecular weight is 211 g/mol. The Balaban J connectivity index is 1.84. The van der Waals surface area contributed by atoms with Crippen LogP contribution in [0.1, 0.15) is 32.6 Å². The van der Waals surface area contributed by atoms with Gasteiger partial charge in [-0.15, -0.1) is 0 Å². The van der Waals surface area contributed by atoms with Gasteiger partial charge in [-0.05, 0) is 39.7 Å². The van der Waals surface area contributed by atoms with Gasteiger partial charge in [0, 0.05) is 37.8 Å². The van der Waals surface area contributed by atoms with Crippen LogP contribution in [0.2, 0.25) is 0 Å². The quantitative estimate of drug-likeness (QED) is 0.699. The van der Waals surface area contributed by atoms with Gasteiger partial charge < -0.3 is 10.6 Å². The molecule has 1 saturated carbocycles. The number of piperazine rings is 1. The van der Waals surface area contributed by atoms with Gasteiger partial charge in [0.1, 0.15) is 0 Å². The van der Waals surface area contributed by atoms with Crippen LogP contribution in [0.25, 0.3) is 0 Å². The lowest BCUT2D eigenvalue weighted by Gasteiger charge is -2.43. The smallest absolute Gasteiger partial charge is 0.0192 e. The molecule has 15 heavy (non-hydrogen) atoms. The van der Waals surface area contributed by atoms with Gasteiger partial charge in [0.2, 0.25) is 0 Å².